The zero-order chi connectivity index (χ0) is 17.0. The van der Waals surface area contributed by atoms with Gasteiger partial charge in [-0.1, -0.05) is 13.5 Å². The smallest absolute Gasteiger partial charge is 0.152 e. The molecule has 22 heavy (non-hydrogen) atoms. The monoisotopic (exact) mass is 312 g/mol. The molecule has 0 aromatic heterocycles. The maximum Gasteiger partial charge on any atom is 0.152 e. The number of carbonyl (C=O) groups is 3. The van der Waals surface area contributed by atoms with E-state index in [1.165, 1.54) is 13.8 Å². The van der Waals surface area contributed by atoms with E-state index in [0.29, 0.717) is 18.8 Å². The molecule has 0 aliphatic carbocycles. The number of nitrogens with zero attached hydrogens (tertiary/aromatic N) is 1. The fourth-order valence-electron chi connectivity index (χ4n) is 1.95. The summed E-state index contributed by atoms with van der Waals surface area (Å²) in [6, 6.07) is 0. The van der Waals surface area contributed by atoms with Crippen LogP contribution in [0, 0.1) is 0 Å². The van der Waals surface area contributed by atoms with Crippen LogP contribution in [0.4, 0.5) is 0 Å². The predicted molar refractivity (Wildman–Crippen MR) is 85.7 cm³/mol. The summed E-state index contributed by atoms with van der Waals surface area (Å²) >= 11 is 0. The first-order valence-corrected chi connectivity index (χ1v) is 7.57. The number of hydrogen-bond acceptors (Lipinski definition) is 6. The van der Waals surface area contributed by atoms with E-state index in [2.05, 4.69) is 11.9 Å². The van der Waals surface area contributed by atoms with Crippen LogP contribution >= 0.6 is 0 Å². The van der Waals surface area contributed by atoms with Crippen molar-refractivity contribution < 1.29 is 19.1 Å². The number of nitrogens with one attached hydrogen (secondary N) is 1. The lowest BCUT2D eigenvalue weighted by atomic mass is 10.2. The van der Waals surface area contributed by atoms with E-state index in [1.54, 1.807) is 4.90 Å². The SMILES string of the molecule is C=C(CC(=O)CN(CC(C)=O)CC(C)=O)NCCOCCC. The average molecular weight is 312 g/mol. The van der Waals surface area contributed by atoms with Gasteiger partial charge in [0.25, 0.3) is 0 Å². The topological polar surface area (TPSA) is 75.7 Å². The van der Waals surface area contributed by atoms with Gasteiger partial charge < -0.3 is 10.1 Å². The molecule has 1 N–H and O–H groups in total. The highest BCUT2D eigenvalue weighted by Crippen LogP contribution is 1.99. The summed E-state index contributed by atoms with van der Waals surface area (Å²) in [5, 5.41) is 3.03. The van der Waals surface area contributed by atoms with E-state index in [9.17, 15) is 14.4 Å². The van der Waals surface area contributed by atoms with E-state index in [-0.39, 0.29) is 43.4 Å². The number of allylic oxidation sites excluding steroid dienone is 1. The minimum Gasteiger partial charge on any atom is -0.386 e. The quantitative estimate of drug-likeness (QED) is 0.481. The average Bonchev–Trinajstić information content (AvgIpc) is 2.36. The molecule has 0 aliphatic heterocycles. The van der Waals surface area contributed by atoms with Gasteiger partial charge in [0.1, 0.15) is 11.6 Å². The summed E-state index contributed by atoms with van der Waals surface area (Å²) in [5.41, 5.74) is 0.621. The summed E-state index contributed by atoms with van der Waals surface area (Å²) in [6.07, 6.45) is 1.15. The molecule has 0 radical (unpaired) electrons. The molecule has 0 saturated carbocycles. The molecule has 0 fully saturated rings. The number of carbonyl (C=O) groups excluding carboxylic acids is 3. The number of ketones is 3. The van der Waals surface area contributed by atoms with Crippen LogP contribution in [0.1, 0.15) is 33.6 Å². The van der Waals surface area contributed by atoms with Crippen molar-refractivity contribution in [2.75, 3.05) is 39.4 Å². The van der Waals surface area contributed by atoms with Gasteiger partial charge in [0.2, 0.25) is 0 Å². The molecule has 0 atom stereocenters. The molecule has 0 aliphatic rings. The first-order chi connectivity index (χ1) is 10.3. The standard InChI is InChI=1S/C16H28N2O4/c1-5-7-22-8-6-17-13(2)9-16(21)12-18(10-14(3)19)11-15(4)20/h17H,2,5-12H2,1,3-4H3. The highest BCUT2D eigenvalue weighted by molar-refractivity contribution is 5.85. The van der Waals surface area contributed by atoms with Crippen LogP contribution in [0.15, 0.2) is 12.3 Å². The number of Topliss-reactive ketones (excluding diaryl/α,β-unsaturated/α-hetero) is 3. The Kier molecular flexibility index (Phi) is 11.2. The second kappa shape index (κ2) is 12.1. The Balaban J connectivity index is 4.08. The van der Waals surface area contributed by atoms with Crippen LogP contribution < -0.4 is 5.32 Å². The van der Waals surface area contributed by atoms with E-state index in [0.717, 1.165) is 13.0 Å². The van der Waals surface area contributed by atoms with Crippen molar-refractivity contribution in [3.05, 3.63) is 12.3 Å². The van der Waals surface area contributed by atoms with Gasteiger partial charge in [0, 0.05) is 25.3 Å². The Morgan fingerprint density at radius 3 is 2.14 bits per heavy atom. The summed E-state index contributed by atoms with van der Waals surface area (Å²) in [6.45, 7) is 10.9. The fourth-order valence-corrected chi connectivity index (χ4v) is 1.95. The molecule has 0 rings (SSSR count). The van der Waals surface area contributed by atoms with Crippen LogP contribution in [0.3, 0.4) is 0 Å². The summed E-state index contributed by atoms with van der Waals surface area (Å²) in [5.74, 6) is -0.215. The minimum atomic E-state index is -0.0746. The number of ether oxygens (including phenoxy) is 1. The van der Waals surface area contributed by atoms with Gasteiger partial charge in [0.05, 0.1) is 26.2 Å². The van der Waals surface area contributed by atoms with E-state index < -0.39 is 0 Å². The maximum absolute atomic E-state index is 12.0. The molecule has 126 valence electrons. The zero-order valence-electron chi connectivity index (χ0n) is 13.9. The van der Waals surface area contributed by atoms with Crippen molar-refractivity contribution in [1.82, 2.24) is 10.2 Å². The third-order valence-electron chi connectivity index (χ3n) is 2.67. The van der Waals surface area contributed by atoms with Gasteiger partial charge in [-0.05, 0) is 20.3 Å². The van der Waals surface area contributed by atoms with Crippen LogP contribution in [0.5, 0.6) is 0 Å². The molecule has 0 aromatic rings. The molecule has 0 heterocycles. The van der Waals surface area contributed by atoms with Crippen LogP contribution in [0.2, 0.25) is 0 Å². The van der Waals surface area contributed by atoms with Crippen molar-refractivity contribution in [2.45, 2.75) is 33.6 Å². The van der Waals surface area contributed by atoms with E-state index in [4.69, 9.17) is 4.74 Å². The zero-order valence-corrected chi connectivity index (χ0v) is 13.9. The van der Waals surface area contributed by atoms with Crippen LogP contribution in [-0.2, 0) is 19.1 Å². The lowest BCUT2D eigenvalue weighted by Crippen LogP contribution is -2.37. The van der Waals surface area contributed by atoms with Gasteiger partial charge in [0.15, 0.2) is 5.78 Å². The van der Waals surface area contributed by atoms with E-state index in [1.807, 2.05) is 6.92 Å². The van der Waals surface area contributed by atoms with Gasteiger partial charge in [-0.2, -0.15) is 0 Å². The lowest BCUT2D eigenvalue weighted by Gasteiger charge is -2.19. The molecule has 6 nitrogen and oxygen atoms in total. The Morgan fingerprint density at radius 2 is 1.64 bits per heavy atom. The molecule has 0 unspecified atom stereocenters. The molecule has 6 heteroatoms. The second-order valence-corrected chi connectivity index (χ2v) is 5.41. The molecule has 0 spiro atoms. The largest absolute Gasteiger partial charge is 0.386 e. The van der Waals surface area contributed by atoms with Gasteiger partial charge in [-0.15, -0.1) is 0 Å². The first-order valence-electron chi connectivity index (χ1n) is 7.57. The predicted octanol–water partition coefficient (Wildman–Crippen LogP) is 0.956. The Labute approximate surface area is 132 Å². The molecule has 0 saturated heterocycles. The Bertz CT molecular complexity index is 378. The van der Waals surface area contributed by atoms with Crippen LogP contribution in [-0.4, -0.2) is 61.6 Å². The lowest BCUT2D eigenvalue weighted by molar-refractivity contribution is -0.123. The Hall–Kier alpha value is -1.53. The van der Waals surface area contributed by atoms with Crippen molar-refractivity contribution in [1.29, 1.82) is 0 Å². The maximum atomic E-state index is 12.0. The normalized spacial score (nSPS) is 10.5. The first kappa shape index (κ1) is 20.5. The van der Waals surface area contributed by atoms with Gasteiger partial charge >= 0.3 is 0 Å². The van der Waals surface area contributed by atoms with Gasteiger partial charge in [-0.25, -0.2) is 0 Å². The van der Waals surface area contributed by atoms with Crippen molar-refractivity contribution in [3.63, 3.8) is 0 Å². The molecular weight excluding hydrogens is 284 g/mol. The number of rotatable bonds is 14. The Morgan fingerprint density at radius 1 is 1.05 bits per heavy atom. The van der Waals surface area contributed by atoms with Crippen molar-refractivity contribution in [2.24, 2.45) is 0 Å². The fraction of sp³-hybridized carbons (Fsp3) is 0.688. The number of hydrogen-bond donors (Lipinski definition) is 1. The molecular formula is C16H28N2O4. The van der Waals surface area contributed by atoms with Crippen molar-refractivity contribution >= 4 is 17.3 Å². The third kappa shape index (κ3) is 12.2. The van der Waals surface area contributed by atoms with Gasteiger partial charge in [-0.3, -0.25) is 19.3 Å². The van der Waals surface area contributed by atoms with E-state index >= 15 is 0 Å². The summed E-state index contributed by atoms with van der Waals surface area (Å²) < 4.78 is 5.32. The highest BCUT2D eigenvalue weighted by Gasteiger charge is 2.15. The highest BCUT2D eigenvalue weighted by atomic mass is 16.5. The summed E-state index contributed by atoms with van der Waals surface area (Å²) in [7, 11) is 0. The van der Waals surface area contributed by atoms with Crippen molar-refractivity contribution in [3.8, 4) is 0 Å². The third-order valence-corrected chi connectivity index (χ3v) is 2.67. The molecule has 0 aromatic carbocycles. The molecule has 0 bridgehead atoms. The second-order valence-electron chi connectivity index (χ2n) is 5.41. The molecule has 0 amide bonds. The minimum absolute atomic E-state index is 0.0703. The van der Waals surface area contributed by atoms with Crippen LogP contribution in [0.25, 0.3) is 0 Å². The summed E-state index contributed by atoms with van der Waals surface area (Å²) in [4.78, 5) is 35.8.